The second-order valence-electron chi connectivity index (χ2n) is 8.13. The van der Waals surface area contributed by atoms with Crippen molar-refractivity contribution in [2.45, 2.75) is 40.7 Å². The summed E-state index contributed by atoms with van der Waals surface area (Å²) in [4.78, 5) is 16.4. The maximum absolute atomic E-state index is 14.4. The van der Waals surface area contributed by atoms with Crippen LogP contribution < -0.4 is 5.32 Å². The number of nitrogens with zero attached hydrogens (tertiary/aromatic N) is 2. The molecule has 0 unspecified atom stereocenters. The number of anilines is 1. The number of halogens is 3. The minimum atomic E-state index is -0.958. The molecule has 0 bridgehead atoms. The third-order valence-electron chi connectivity index (χ3n) is 4.32. The molecule has 148 valence electrons. The first-order chi connectivity index (χ1) is 13.0. The van der Waals surface area contributed by atoms with Crippen molar-refractivity contribution in [2.24, 2.45) is 5.41 Å². The number of hydrogen-bond donors (Lipinski definition) is 1. The molecule has 0 spiro atoms. The summed E-state index contributed by atoms with van der Waals surface area (Å²) in [6.45, 7) is 7.54. The summed E-state index contributed by atoms with van der Waals surface area (Å²) in [5.74, 6) is -2.43. The van der Waals surface area contributed by atoms with Crippen LogP contribution >= 0.6 is 0 Å². The average molecular weight is 389 g/mol. The smallest absolute Gasteiger partial charge is 0.226 e. The number of hydrogen-bond acceptors (Lipinski definition) is 2. The third-order valence-corrected chi connectivity index (χ3v) is 4.32. The fourth-order valence-electron chi connectivity index (χ4n) is 3.03. The predicted molar refractivity (Wildman–Crippen MR) is 103 cm³/mol. The summed E-state index contributed by atoms with van der Waals surface area (Å²) in [6.07, 6.45) is 1.50. The SMILES string of the molecule is Cc1cc2c(nc1NC(=O)CC(C)(C)C)c(F)cn2Cc1cccc(F)c1F. The van der Waals surface area contributed by atoms with Gasteiger partial charge in [0.15, 0.2) is 17.5 Å². The van der Waals surface area contributed by atoms with E-state index in [2.05, 4.69) is 10.3 Å². The van der Waals surface area contributed by atoms with Crippen LogP contribution in [0.3, 0.4) is 0 Å². The Bertz CT molecular complexity index is 1050. The Morgan fingerprint density at radius 2 is 1.89 bits per heavy atom. The Kier molecular flexibility index (Phi) is 5.19. The van der Waals surface area contributed by atoms with Gasteiger partial charge in [0.05, 0.1) is 12.1 Å². The highest BCUT2D eigenvalue weighted by Gasteiger charge is 2.19. The highest BCUT2D eigenvalue weighted by molar-refractivity contribution is 5.92. The van der Waals surface area contributed by atoms with E-state index in [1.54, 1.807) is 13.0 Å². The van der Waals surface area contributed by atoms with E-state index in [0.717, 1.165) is 6.07 Å². The fourth-order valence-corrected chi connectivity index (χ4v) is 3.03. The molecule has 0 radical (unpaired) electrons. The molecule has 28 heavy (non-hydrogen) atoms. The van der Waals surface area contributed by atoms with E-state index in [1.165, 1.54) is 22.9 Å². The molecule has 1 amide bonds. The molecule has 4 nitrogen and oxygen atoms in total. The van der Waals surface area contributed by atoms with Crippen molar-refractivity contribution in [3.05, 3.63) is 59.0 Å². The van der Waals surface area contributed by atoms with Crippen LogP contribution in [0.2, 0.25) is 0 Å². The number of nitrogens with one attached hydrogen (secondary N) is 1. The predicted octanol–water partition coefficient (Wildman–Crippen LogP) is 5.19. The molecule has 0 aliphatic rings. The number of aromatic nitrogens is 2. The summed E-state index contributed by atoms with van der Waals surface area (Å²) in [7, 11) is 0. The summed E-state index contributed by atoms with van der Waals surface area (Å²) >= 11 is 0. The van der Waals surface area contributed by atoms with Crippen LogP contribution in [0.15, 0.2) is 30.5 Å². The normalized spacial score (nSPS) is 11.8. The van der Waals surface area contributed by atoms with Crippen molar-refractivity contribution >= 4 is 22.8 Å². The van der Waals surface area contributed by atoms with Crippen molar-refractivity contribution in [3.8, 4) is 0 Å². The van der Waals surface area contributed by atoms with Crippen LogP contribution in [-0.2, 0) is 11.3 Å². The summed E-state index contributed by atoms with van der Waals surface area (Å²) in [5.41, 5.74) is 1.07. The number of amides is 1. The van der Waals surface area contributed by atoms with E-state index in [4.69, 9.17) is 0 Å². The second kappa shape index (κ2) is 7.30. The molecule has 0 saturated heterocycles. The Labute approximate surface area is 161 Å². The van der Waals surface area contributed by atoms with Gasteiger partial charge in [0, 0.05) is 18.2 Å². The first-order valence-electron chi connectivity index (χ1n) is 8.94. The maximum atomic E-state index is 14.4. The van der Waals surface area contributed by atoms with Crippen molar-refractivity contribution in [1.29, 1.82) is 0 Å². The highest BCUT2D eigenvalue weighted by atomic mass is 19.2. The van der Waals surface area contributed by atoms with E-state index in [9.17, 15) is 18.0 Å². The zero-order chi connectivity index (χ0) is 20.6. The zero-order valence-electron chi connectivity index (χ0n) is 16.2. The largest absolute Gasteiger partial charge is 0.339 e. The Morgan fingerprint density at radius 3 is 2.57 bits per heavy atom. The van der Waals surface area contributed by atoms with E-state index in [-0.39, 0.29) is 34.8 Å². The molecule has 3 aromatic rings. The van der Waals surface area contributed by atoms with E-state index >= 15 is 0 Å². The van der Waals surface area contributed by atoms with Crippen molar-refractivity contribution in [3.63, 3.8) is 0 Å². The molecule has 0 saturated carbocycles. The Balaban J connectivity index is 1.95. The van der Waals surface area contributed by atoms with Crippen LogP contribution in [0.5, 0.6) is 0 Å². The van der Waals surface area contributed by atoms with Gasteiger partial charge in [-0.15, -0.1) is 0 Å². The lowest BCUT2D eigenvalue weighted by molar-refractivity contribution is -0.117. The van der Waals surface area contributed by atoms with Gasteiger partial charge in [-0.05, 0) is 30.0 Å². The molecule has 7 heteroatoms. The standard InChI is InChI=1S/C21H22F3N3O/c1-12-8-16-19(26-20(12)25-17(28)9-21(2,3)4)15(23)11-27(16)10-13-6-5-7-14(22)18(13)24/h5-8,11H,9-10H2,1-4H3,(H,25,26,28). The number of fused-ring (bicyclic) bond motifs is 1. The van der Waals surface area contributed by atoms with Crippen LogP contribution in [0.4, 0.5) is 19.0 Å². The van der Waals surface area contributed by atoms with Gasteiger partial charge in [-0.25, -0.2) is 18.2 Å². The monoisotopic (exact) mass is 389 g/mol. The molecule has 0 aliphatic heterocycles. The second-order valence-corrected chi connectivity index (χ2v) is 8.13. The zero-order valence-corrected chi connectivity index (χ0v) is 16.2. The van der Waals surface area contributed by atoms with Gasteiger partial charge in [-0.2, -0.15) is 0 Å². The van der Waals surface area contributed by atoms with Gasteiger partial charge in [0.1, 0.15) is 11.3 Å². The first-order valence-corrected chi connectivity index (χ1v) is 8.94. The van der Waals surface area contributed by atoms with Crippen LogP contribution in [0.25, 0.3) is 11.0 Å². The summed E-state index contributed by atoms with van der Waals surface area (Å²) < 4.78 is 43.3. The number of rotatable bonds is 4. The molecule has 1 N–H and O–H groups in total. The molecule has 0 fully saturated rings. The minimum Gasteiger partial charge on any atom is -0.339 e. The number of aryl methyl sites for hydroxylation is 1. The first kappa shape index (κ1) is 19.9. The van der Waals surface area contributed by atoms with Gasteiger partial charge in [-0.1, -0.05) is 32.9 Å². The number of pyridine rings is 1. The Morgan fingerprint density at radius 1 is 1.18 bits per heavy atom. The topological polar surface area (TPSA) is 46.9 Å². The van der Waals surface area contributed by atoms with Gasteiger partial charge in [-0.3, -0.25) is 4.79 Å². The average Bonchev–Trinajstić information content (AvgIpc) is 2.86. The van der Waals surface area contributed by atoms with Crippen LogP contribution in [0.1, 0.15) is 38.3 Å². The van der Waals surface area contributed by atoms with Gasteiger partial charge in [0.2, 0.25) is 5.91 Å². The lowest BCUT2D eigenvalue weighted by atomic mass is 9.92. The molecule has 3 rings (SSSR count). The highest BCUT2D eigenvalue weighted by Crippen LogP contribution is 2.26. The Hall–Kier alpha value is -2.83. The minimum absolute atomic E-state index is 0.0408. The van der Waals surface area contributed by atoms with Gasteiger partial charge < -0.3 is 9.88 Å². The van der Waals surface area contributed by atoms with Crippen molar-refractivity contribution in [1.82, 2.24) is 9.55 Å². The third kappa shape index (κ3) is 4.18. The maximum Gasteiger partial charge on any atom is 0.226 e. The molecular weight excluding hydrogens is 367 g/mol. The van der Waals surface area contributed by atoms with E-state index in [0.29, 0.717) is 17.5 Å². The summed E-state index contributed by atoms with van der Waals surface area (Å²) in [6, 6.07) is 5.56. The summed E-state index contributed by atoms with van der Waals surface area (Å²) in [5, 5.41) is 2.73. The molecule has 1 aromatic carbocycles. The van der Waals surface area contributed by atoms with Crippen molar-refractivity contribution < 1.29 is 18.0 Å². The molecular formula is C21H22F3N3O. The lowest BCUT2D eigenvalue weighted by Crippen LogP contribution is -2.20. The molecule has 2 aromatic heterocycles. The van der Waals surface area contributed by atoms with Crippen LogP contribution in [-0.4, -0.2) is 15.5 Å². The number of carbonyl (C=O) groups excluding carboxylic acids is 1. The van der Waals surface area contributed by atoms with Crippen molar-refractivity contribution in [2.75, 3.05) is 5.32 Å². The van der Waals surface area contributed by atoms with Crippen LogP contribution in [0, 0.1) is 29.8 Å². The van der Waals surface area contributed by atoms with Gasteiger partial charge in [0.25, 0.3) is 0 Å². The fraction of sp³-hybridized carbons (Fsp3) is 0.333. The molecule has 0 aliphatic carbocycles. The number of carbonyl (C=O) groups is 1. The van der Waals surface area contributed by atoms with E-state index < -0.39 is 17.5 Å². The molecule has 2 heterocycles. The van der Waals surface area contributed by atoms with Gasteiger partial charge >= 0.3 is 0 Å². The lowest BCUT2D eigenvalue weighted by Gasteiger charge is -2.17. The quantitative estimate of drug-likeness (QED) is 0.668. The molecule has 0 atom stereocenters. The van der Waals surface area contributed by atoms with E-state index in [1.807, 2.05) is 20.8 Å². The number of benzene rings is 1.